The zero-order valence-electron chi connectivity index (χ0n) is 8.31. The van der Waals surface area contributed by atoms with Crippen LogP contribution in [0.4, 0.5) is 0 Å². The van der Waals surface area contributed by atoms with E-state index in [0.717, 1.165) is 18.4 Å². The quantitative estimate of drug-likeness (QED) is 0.577. The molecule has 2 fully saturated rings. The van der Waals surface area contributed by atoms with Crippen LogP contribution in [0.5, 0.6) is 0 Å². The molecule has 2 unspecified atom stereocenters. The molecule has 70 valence electrons. The zero-order valence-corrected chi connectivity index (χ0v) is 8.31. The number of rotatable bonds is 2. The van der Waals surface area contributed by atoms with E-state index >= 15 is 0 Å². The molecule has 0 aromatic rings. The molecule has 0 radical (unpaired) electrons. The smallest absolute Gasteiger partial charge is 0.0944 e. The molecule has 0 bridgehead atoms. The van der Waals surface area contributed by atoms with E-state index in [1.54, 1.807) is 0 Å². The van der Waals surface area contributed by atoms with Crippen molar-refractivity contribution in [2.75, 3.05) is 6.61 Å². The molecule has 0 N–H and O–H groups in total. The fraction of sp³-hybridized carbons (Fsp3) is 1.00. The molecule has 1 heterocycles. The summed E-state index contributed by atoms with van der Waals surface area (Å²) in [6.45, 7) is 5.71. The second kappa shape index (κ2) is 3.02. The summed E-state index contributed by atoms with van der Waals surface area (Å²) in [5.41, 5.74) is 0.377. The minimum absolute atomic E-state index is 0.377. The van der Waals surface area contributed by atoms with Crippen molar-refractivity contribution in [3.63, 3.8) is 0 Å². The third-order valence-electron chi connectivity index (χ3n) is 3.42. The van der Waals surface area contributed by atoms with E-state index in [4.69, 9.17) is 4.74 Å². The van der Waals surface area contributed by atoms with Crippen molar-refractivity contribution in [3.05, 3.63) is 0 Å². The maximum Gasteiger partial charge on any atom is 0.0944 e. The standard InChI is InChI=1S/C11H20O/c1-9(2)7-10-5-3-4-6-11(10)8-12-11/h9-10H,3-8H2,1-2H3. The summed E-state index contributed by atoms with van der Waals surface area (Å²) < 4.78 is 5.65. The second-order valence-corrected chi connectivity index (χ2v) is 4.93. The summed E-state index contributed by atoms with van der Waals surface area (Å²) in [6, 6.07) is 0. The van der Waals surface area contributed by atoms with Crippen molar-refractivity contribution < 1.29 is 4.74 Å². The Balaban J connectivity index is 1.93. The van der Waals surface area contributed by atoms with Crippen LogP contribution in [-0.2, 0) is 4.74 Å². The van der Waals surface area contributed by atoms with Crippen molar-refractivity contribution in [2.24, 2.45) is 11.8 Å². The molecule has 1 aliphatic carbocycles. The third-order valence-corrected chi connectivity index (χ3v) is 3.42. The maximum atomic E-state index is 5.65. The van der Waals surface area contributed by atoms with Crippen LogP contribution in [0, 0.1) is 11.8 Å². The van der Waals surface area contributed by atoms with Crippen LogP contribution >= 0.6 is 0 Å². The fourth-order valence-electron chi connectivity index (χ4n) is 2.66. The van der Waals surface area contributed by atoms with Crippen LogP contribution in [0.25, 0.3) is 0 Å². The second-order valence-electron chi connectivity index (χ2n) is 4.93. The summed E-state index contributed by atoms with van der Waals surface area (Å²) in [6.07, 6.45) is 6.96. The minimum Gasteiger partial charge on any atom is -0.369 e. The van der Waals surface area contributed by atoms with E-state index in [1.165, 1.54) is 32.1 Å². The van der Waals surface area contributed by atoms with Crippen molar-refractivity contribution >= 4 is 0 Å². The number of epoxide rings is 1. The lowest BCUT2D eigenvalue weighted by Crippen LogP contribution is -2.29. The van der Waals surface area contributed by atoms with Gasteiger partial charge in [-0.2, -0.15) is 0 Å². The SMILES string of the molecule is CC(C)CC1CCCCC12CO2. The summed E-state index contributed by atoms with van der Waals surface area (Å²) in [5, 5.41) is 0. The first-order valence-corrected chi connectivity index (χ1v) is 5.37. The van der Waals surface area contributed by atoms with E-state index in [2.05, 4.69) is 13.8 Å². The molecule has 1 nitrogen and oxygen atoms in total. The average molecular weight is 168 g/mol. The lowest BCUT2D eigenvalue weighted by molar-refractivity contribution is 0.139. The highest BCUT2D eigenvalue weighted by atomic mass is 16.6. The summed E-state index contributed by atoms with van der Waals surface area (Å²) in [5.74, 6) is 1.72. The van der Waals surface area contributed by atoms with Gasteiger partial charge in [0.05, 0.1) is 12.2 Å². The topological polar surface area (TPSA) is 12.5 Å². The predicted octanol–water partition coefficient (Wildman–Crippen LogP) is 2.99. The number of ether oxygens (including phenoxy) is 1. The van der Waals surface area contributed by atoms with Crippen LogP contribution < -0.4 is 0 Å². The highest BCUT2D eigenvalue weighted by Crippen LogP contribution is 2.48. The number of hydrogen-bond donors (Lipinski definition) is 0. The van der Waals surface area contributed by atoms with Crippen LogP contribution in [0.15, 0.2) is 0 Å². The van der Waals surface area contributed by atoms with E-state index in [9.17, 15) is 0 Å². The highest BCUT2D eigenvalue weighted by molar-refractivity contribution is 5.00. The molecule has 0 aromatic heterocycles. The molecule has 1 spiro atoms. The van der Waals surface area contributed by atoms with Crippen molar-refractivity contribution in [1.29, 1.82) is 0 Å². The van der Waals surface area contributed by atoms with Gasteiger partial charge in [0, 0.05) is 0 Å². The third kappa shape index (κ3) is 1.52. The summed E-state index contributed by atoms with van der Waals surface area (Å²) in [4.78, 5) is 0. The zero-order chi connectivity index (χ0) is 8.60. The van der Waals surface area contributed by atoms with Gasteiger partial charge in [0.1, 0.15) is 0 Å². The van der Waals surface area contributed by atoms with Crippen molar-refractivity contribution in [3.8, 4) is 0 Å². The molecule has 12 heavy (non-hydrogen) atoms. The highest BCUT2D eigenvalue weighted by Gasteiger charge is 2.51. The molecule has 2 rings (SSSR count). The van der Waals surface area contributed by atoms with Gasteiger partial charge in [0.15, 0.2) is 0 Å². The Morgan fingerprint density at radius 2 is 2.17 bits per heavy atom. The molecule has 2 aliphatic rings. The average Bonchev–Trinajstić information content (AvgIpc) is 2.75. The Hall–Kier alpha value is -0.0400. The Kier molecular flexibility index (Phi) is 2.16. The van der Waals surface area contributed by atoms with Crippen LogP contribution in [-0.4, -0.2) is 12.2 Å². The molecule has 2 atom stereocenters. The van der Waals surface area contributed by atoms with Crippen molar-refractivity contribution in [1.82, 2.24) is 0 Å². The van der Waals surface area contributed by atoms with Crippen LogP contribution in [0.3, 0.4) is 0 Å². The van der Waals surface area contributed by atoms with Gasteiger partial charge < -0.3 is 4.74 Å². The van der Waals surface area contributed by atoms with Gasteiger partial charge in [-0.3, -0.25) is 0 Å². The fourth-order valence-corrected chi connectivity index (χ4v) is 2.66. The van der Waals surface area contributed by atoms with Gasteiger partial charge >= 0.3 is 0 Å². The van der Waals surface area contributed by atoms with E-state index in [1.807, 2.05) is 0 Å². The normalized spacial score (nSPS) is 40.8. The Morgan fingerprint density at radius 3 is 2.75 bits per heavy atom. The first kappa shape index (κ1) is 8.55. The molecule has 1 heteroatoms. The van der Waals surface area contributed by atoms with E-state index < -0.39 is 0 Å². The molecular weight excluding hydrogens is 148 g/mol. The molecule has 0 amide bonds. The predicted molar refractivity (Wildman–Crippen MR) is 50.1 cm³/mol. The van der Waals surface area contributed by atoms with Crippen molar-refractivity contribution in [2.45, 2.75) is 51.6 Å². The minimum atomic E-state index is 0.377. The van der Waals surface area contributed by atoms with Crippen LogP contribution in [0.2, 0.25) is 0 Å². The van der Waals surface area contributed by atoms with Gasteiger partial charge in [-0.15, -0.1) is 0 Å². The molecule has 1 saturated heterocycles. The Bertz CT molecular complexity index is 158. The first-order chi connectivity index (χ1) is 5.73. The largest absolute Gasteiger partial charge is 0.369 e. The van der Waals surface area contributed by atoms with Gasteiger partial charge in [-0.05, 0) is 31.1 Å². The molecule has 1 saturated carbocycles. The summed E-state index contributed by atoms with van der Waals surface area (Å²) >= 11 is 0. The van der Waals surface area contributed by atoms with Gasteiger partial charge in [0.2, 0.25) is 0 Å². The van der Waals surface area contributed by atoms with E-state index in [0.29, 0.717) is 5.60 Å². The van der Waals surface area contributed by atoms with Crippen LogP contribution in [0.1, 0.15) is 46.0 Å². The first-order valence-electron chi connectivity index (χ1n) is 5.37. The monoisotopic (exact) mass is 168 g/mol. The molecule has 1 aliphatic heterocycles. The summed E-state index contributed by atoms with van der Waals surface area (Å²) in [7, 11) is 0. The van der Waals surface area contributed by atoms with Gasteiger partial charge in [-0.25, -0.2) is 0 Å². The molecular formula is C11H20O. The Morgan fingerprint density at radius 1 is 1.42 bits per heavy atom. The van der Waals surface area contributed by atoms with E-state index in [-0.39, 0.29) is 0 Å². The van der Waals surface area contributed by atoms with Gasteiger partial charge in [0.25, 0.3) is 0 Å². The maximum absolute atomic E-state index is 5.65. The molecule has 0 aromatic carbocycles. The van der Waals surface area contributed by atoms with Gasteiger partial charge in [-0.1, -0.05) is 26.7 Å². The number of hydrogen-bond acceptors (Lipinski definition) is 1. The Labute approximate surface area is 75.5 Å². The lowest BCUT2D eigenvalue weighted by Gasteiger charge is -2.30. The lowest BCUT2D eigenvalue weighted by atomic mass is 9.75.